The fourth-order valence-corrected chi connectivity index (χ4v) is 5.74. The van der Waals surface area contributed by atoms with Crippen molar-refractivity contribution in [3.05, 3.63) is 74.8 Å². The van der Waals surface area contributed by atoms with Gasteiger partial charge in [0.15, 0.2) is 0 Å². The van der Waals surface area contributed by atoms with Crippen molar-refractivity contribution in [1.82, 2.24) is 14.3 Å². The number of hydrogen-bond acceptors (Lipinski definition) is 8. The molecule has 2 aromatic heterocycles. The van der Waals surface area contributed by atoms with Gasteiger partial charge in [0, 0.05) is 45.2 Å². The summed E-state index contributed by atoms with van der Waals surface area (Å²) in [7, 11) is 1.57. The van der Waals surface area contributed by atoms with E-state index in [2.05, 4.69) is 9.80 Å². The first-order valence-corrected chi connectivity index (χ1v) is 13.1. The SMILES string of the molecule is COCCN1C(=O)/C(=C\c2c(N3CCN(c4ccc(F)cc4)CC3)nc3ccc(C)cn3c2=O)SC1=S. The first-order chi connectivity index (χ1) is 17.9. The van der Waals surface area contributed by atoms with Crippen LogP contribution in [0.25, 0.3) is 11.7 Å². The van der Waals surface area contributed by atoms with E-state index in [1.54, 1.807) is 31.5 Å². The van der Waals surface area contributed by atoms with Crippen molar-refractivity contribution in [1.29, 1.82) is 0 Å². The highest BCUT2D eigenvalue weighted by Crippen LogP contribution is 2.33. The van der Waals surface area contributed by atoms with Crippen molar-refractivity contribution in [3.8, 4) is 0 Å². The number of nitrogens with zero attached hydrogens (tertiary/aromatic N) is 5. The van der Waals surface area contributed by atoms with Crippen LogP contribution < -0.4 is 15.4 Å². The van der Waals surface area contributed by atoms with E-state index >= 15 is 0 Å². The zero-order valence-corrected chi connectivity index (χ0v) is 22.1. The highest BCUT2D eigenvalue weighted by molar-refractivity contribution is 8.26. The van der Waals surface area contributed by atoms with Crippen molar-refractivity contribution in [2.75, 3.05) is 56.2 Å². The number of ether oxygens (including phenoxy) is 1. The molecule has 11 heteroatoms. The first-order valence-electron chi connectivity index (χ1n) is 11.9. The number of anilines is 2. The van der Waals surface area contributed by atoms with Gasteiger partial charge in [-0.1, -0.05) is 30.0 Å². The van der Waals surface area contributed by atoms with Gasteiger partial charge in [-0.25, -0.2) is 9.37 Å². The second-order valence-electron chi connectivity index (χ2n) is 8.87. The van der Waals surface area contributed by atoms with E-state index in [0.717, 1.165) is 11.3 Å². The number of rotatable bonds is 6. The molecule has 2 aliphatic rings. The maximum absolute atomic E-state index is 13.7. The smallest absolute Gasteiger partial charge is 0.267 e. The molecule has 1 amide bonds. The minimum absolute atomic E-state index is 0.243. The average molecular weight is 540 g/mol. The van der Waals surface area contributed by atoms with Crippen LogP contribution in [-0.2, 0) is 9.53 Å². The minimum atomic E-state index is -0.268. The molecule has 0 N–H and O–H groups in total. The number of methoxy groups -OCH3 is 1. The van der Waals surface area contributed by atoms with Crippen molar-refractivity contribution < 1.29 is 13.9 Å². The lowest BCUT2D eigenvalue weighted by Crippen LogP contribution is -2.47. The van der Waals surface area contributed by atoms with Crippen LogP contribution in [0.2, 0.25) is 0 Å². The Balaban J connectivity index is 1.51. The van der Waals surface area contributed by atoms with E-state index in [-0.39, 0.29) is 17.3 Å². The number of carbonyl (C=O) groups excluding carboxylic acids is 1. The van der Waals surface area contributed by atoms with Gasteiger partial charge in [-0.3, -0.25) is 18.9 Å². The molecule has 0 unspecified atom stereocenters. The molecule has 0 saturated carbocycles. The predicted octanol–water partition coefficient (Wildman–Crippen LogP) is 3.32. The third-order valence-corrected chi connectivity index (χ3v) is 7.80. The lowest BCUT2D eigenvalue weighted by molar-refractivity contribution is -0.122. The molecule has 0 spiro atoms. The normalized spacial score (nSPS) is 17.5. The number of amides is 1. The van der Waals surface area contributed by atoms with Gasteiger partial charge < -0.3 is 14.5 Å². The van der Waals surface area contributed by atoms with E-state index < -0.39 is 0 Å². The Labute approximate surface area is 223 Å². The van der Waals surface area contributed by atoms with Gasteiger partial charge in [0.1, 0.15) is 21.6 Å². The van der Waals surface area contributed by atoms with Gasteiger partial charge >= 0.3 is 0 Å². The molecule has 2 aliphatic heterocycles. The number of carbonyl (C=O) groups is 1. The predicted molar refractivity (Wildman–Crippen MR) is 149 cm³/mol. The summed E-state index contributed by atoms with van der Waals surface area (Å²) in [5.41, 5.74) is 2.52. The van der Waals surface area contributed by atoms with Gasteiger partial charge in [-0.05, 0) is 48.9 Å². The summed E-state index contributed by atoms with van der Waals surface area (Å²) < 4.78 is 20.4. The summed E-state index contributed by atoms with van der Waals surface area (Å²) in [6, 6.07) is 10.2. The number of benzene rings is 1. The van der Waals surface area contributed by atoms with Gasteiger partial charge in [0.25, 0.3) is 11.5 Å². The monoisotopic (exact) mass is 539 g/mol. The fraction of sp³-hybridized carbons (Fsp3) is 0.308. The fourth-order valence-electron chi connectivity index (χ4n) is 4.45. The lowest BCUT2D eigenvalue weighted by Gasteiger charge is -2.37. The van der Waals surface area contributed by atoms with E-state index in [9.17, 15) is 14.0 Å². The molecule has 0 bridgehead atoms. The van der Waals surface area contributed by atoms with E-state index in [1.807, 2.05) is 19.1 Å². The molecule has 0 radical (unpaired) electrons. The minimum Gasteiger partial charge on any atom is -0.383 e. The van der Waals surface area contributed by atoms with Crippen LogP contribution in [0, 0.1) is 12.7 Å². The maximum Gasteiger partial charge on any atom is 0.267 e. The third kappa shape index (κ3) is 5.11. The number of hydrogen-bond donors (Lipinski definition) is 0. The Morgan fingerprint density at radius 1 is 1.08 bits per heavy atom. The van der Waals surface area contributed by atoms with Crippen LogP contribution in [0.15, 0.2) is 52.3 Å². The van der Waals surface area contributed by atoms with Crippen molar-refractivity contribution in [2.24, 2.45) is 0 Å². The Morgan fingerprint density at radius 3 is 2.49 bits per heavy atom. The number of thiocarbonyl (C=S) groups is 1. The van der Waals surface area contributed by atoms with E-state index in [1.165, 1.54) is 33.2 Å². The Bertz CT molecular complexity index is 1450. The van der Waals surface area contributed by atoms with Crippen molar-refractivity contribution >= 4 is 57.4 Å². The van der Waals surface area contributed by atoms with Gasteiger partial charge in [0.2, 0.25) is 0 Å². The molecule has 2 saturated heterocycles. The molecular formula is C26H26FN5O3S2. The lowest BCUT2D eigenvalue weighted by atomic mass is 10.2. The number of thioether (sulfide) groups is 1. The van der Waals surface area contributed by atoms with Crippen LogP contribution in [0.3, 0.4) is 0 Å². The van der Waals surface area contributed by atoms with E-state index in [4.69, 9.17) is 21.9 Å². The molecule has 5 rings (SSSR count). The zero-order valence-electron chi connectivity index (χ0n) is 20.5. The van der Waals surface area contributed by atoms with Crippen LogP contribution in [0.4, 0.5) is 15.9 Å². The maximum atomic E-state index is 13.7. The number of piperazine rings is 1. The Morgan fingerprint density at radius 2 is 1.78 bits per heavy atom. The van der Waals surface area contributed by atoms with Crippen LogP contribution >= 0.6 is 24.0 Å². The van der Waals surface area contributed by atoms with Crippen molar-refractivity contribution in [3.63, 3.8) is 0 Å². The zero-order chi connectivity index (χ0) is 26.1. The molecule has 8 nitrogen and oxygen atoms in total. The summed E-state index contributed by atoms with van der Waals surface area (Å²) in [6.07, 6.45) is 3.37. The quantitative estimate of drug-likeness (QED) is 0.349. The second-order valence-corrected chi connectivity index (χ2v) is 10.5. The molecule has 192 valence electrons. The molecule has 2 fully saturated rings. The number of halogens is 1. The second kappa shape index (κ2) is 10.6. The number of aryl methyl sites for hydroxylation is 1. The molecule has 0 aliphatic carbocycles. The highest BCUT2D eigenvalue weighted by atomic mass is 32.2. The average Bonchev–Trinajstić information content (AvgIpc) is 3.17. The first kappa shape index (κ1) is 25.4. The summed E-state index contributed by atoms with van der Waals surface area (Å²) in [4.78, 5) is 37.8. The number of pyridine rings is 1. The topological polar surface area (TPSA) is 70.4 Å². The van der Waals surface area contributed by atoms with E-state index in [0.29, 0.717) is 65.6 Å². The van der Waals surface area contributed by atoms with Gasteiger partial charge in [0.05, 0.1) is 23.6 Å². The Kier molecular flexibility index (Phi) is 7.27. The molecule has 3 aromatic rings. The standard InChI is InChI=1S/C26H26FN5O3S2/c1-17-3-8-22-28-23(30-11-9-29(10-12-30)19-6-4-18(27)5-7-19)20(24(33)32(22)16-17)15-21-25(34)31(13-14-35-2)26(36)37-21/h3-8,15-16H,9-14H2,1-2H3/b21-15+. The van der Waals surface area contributed by atoms with Crippen LogP contribution in [0.1, 0.15) is 11.1 Å². The molecule has 4 heterocycles. The summed E-state index contributed by atoms with van der Waals surface area (Å²) in [6.45, 7) is 5.21. The van der Waals surface area contributed by atoms with Crippen LogP contribution in [0.5, 0.6) is 0 Å². The largest absolute Gasteiger partial charge is 0.383 e. The van der Waals surface area contributed by atoms with Gasteiger partial charge in [-0.15, -0.1) is 0 Å². The summed E-state index contributed by atoms with van der Waals surface area (Å²) >= 11 is 6.59. The molecule has 0 atom stereocenters. The molecule has 1 aromatic carbocycles. The number of fused-ring (bicyclic) bond motifs is 1. The molecule has 37 heavy (non-hydrogen) atoms. The third-order valence-electron chi connectivity index (χ3n) is 6.42. The summed E-state index contributed by atoms with van der Waals surface area (Å²) in [5, 5.41) is 0. The molecular weight excluding hydrogens is 513 g/mol. The van der Waals surface area contributed by atoms with Crippen LogP contribution in [-0.4, -0.2) is 71.0 Å². The highest BCUT2D eigenvalue weighted by Gasteiger charge is 2.33. The summed E-state index contributed by atoms with van der Waals surface area (Å²) in [5.74, 6) is 0.0263. The van der Waals surface area contributed by atoms with Gasteiger partial charge in [-0.2, -0.15) is 0 Å². The Hall–Kier alpha value is -3.28. The number of aromatic nitrogens is 2. The van der Waals surface area contributed by atoms with Crippen molar-refractivity contribution in [2.45, 2.75) is 6.92 Å².